The van der Waals surface area contributed by atoms with Crippen molar-refractivity contribution in [1.82, 2.24) is 0 Å². The second-order valence-electron chi connectivity index (χ2n) is 6.13. The Bertz CT molecular complexity index is 702. The molecule has 2 saturated heterocycles. The third-order valence-electron chi connectivity index (χ3n) is 4.22. The number of epoxide rings is 2. The molecule has 0 amide bonds. The van der Waals surface area contributed by atoms with Crippen molar-refractivity contribution >= 4 is 16.8 Å². The number of hydrogen-bond acceptors (Lipinski definition) is 4. The molecule has 4 nitrogen and oxygen atoms in total. The van der Waals surface area contributed by atoms with Gasteiger partial charge in [-0.05, 0) is 21.9 Å². The Balaban J connectivity index is 0.000000130. The van der Waals surface area contributed by atoms with Gasteiger partial charge in [-0.1, -0.05) is 48.6 Å². The van der Waals surface area contributed by atoms with Gasteiger partial charge >= 0.3 is 0 Å². The van der Waals surface area contributed by atoms with Crippen molar-refractivity contribution in [2.24, 2.45) is 5.73 Å². The first-order valence-electron chi connectivity index (χ1n) is 8.07. The predicted molar refractivity (Wildman–Crippen MR) is 90.2 cm³/mol. The van der Waals surface area contributed by atoms with E-state index in [-0.39, 0.29) is 6.04 Å². The lowest BCUT2D eigenvalue weighted by Gasteiger charge is -2.17. The van der Waals surface area contributed by atoms with Gasteiger partial charge < -0.3 is 19.9 Å². The van der Waals surface area contributed by atoms with Crippen molar-refractivity contribution in [2.75, 3.05) is 26.4 Å². The normalized spacial score (nSPS) is 26.6. The van der Waals surface area contributed by atoms with Crippen LogP contribution in [0, 0.1) is 0 Å². The van der Waals surface area contributed by atoms with Gasteiger partial charge in [0.1, 0.15) is 12.2 Å². The molecular weight excluding hydrogens is 290 g/mol. The van der Waals surface area contributed by atoms with Crippen molar-refractivity contribution in [3.8, 4) is 0 Å². The number of benzene rings is 2. The molecule has 5 rings (SSSR count). The molecule has 120 valence electrons. The van der Waals surface area contributed by atoms with Crippen LogP contribution in [0.2, 0.25) is 0 Å². The van der Waals surface area contributed by atoms with E-state index in [1.165, 1.54) is 21.9 Å². The molecule has 2 aromatic carbocycles. The second kappa shape index (κ2) is 6.42. The van der Waals surface area contributed by atoms with Crippen molar-refractivity contribution in [1.29, 1.82) is 0 Å². The molecule has 1 aliphatic carbocycles. The monoisotopic (exact) mass is 311 g/mol. The lowest BCUT2D eigenvalue weighted by molar-refractivity contribution is 0.102. The zero-order chi connectivity index (χ0) is 15.6. The van der Waals surface area contributed by atoms with E-state index in [9.17, 15) is 0 Å². The Morgan fingerprint density at radius 1 is 1.00 bits per heavy atom. The quantitative estimate of drug-likeness (QED) is 0.882. The molecule has 0 bridgehead atoms. The summed E-state index contributed by atoms with van der Waals surface area (Å²) in [5.41, 5.74) is 8.53. The Morgan fingerprint density at radius 3 is 2.30 bits per heavy atom. The average Bonchev–Trinajstić information content (AvgIpc) is 3.47. The van der Waals surface area contributed by atoms with E-state index in [2.05, 4.69) is 48.6 Å². The van der Waals surface area contributed by atoms with Crippen LogP contribution in [0.5, 0.6) is 0 Å². The van der Waals surface area contributed by atoms with Crippen LogP contribution in [0.4, 0.5) is 0 Å². The van der Waals surface area contributed by atoms with Gasteiger partial charge in [0.2, 0.25) is 0 Å². The molecule has 4 heteroatoms. The van der Waals surface area contributed by atoms with Crippen LogP contribution >= 0.6 is 0 Å². The van der Waals surface area contributed by atoms with E-state index >= 15 is 0 Å². The number of nitrogens with two attached hydrogens (primary N) is 1. The van der Waals surface area contributed by atoms with Gasteiger partial charge in [0, 0.05) is 6.04 Å². The fourth-order valence-electron chi connectivity index (χ4n) is 2.79. The van der Waals surface area contributed by atoms with Crippen molar-refractivity contribution in [3.63, 3.8) is 0 Å². The van der Waals surface area contributed by atoms with Crippen molar-refractivity contribution < 1.29 is 14.2 Å². The summed E-state index contributed by atoms with van der Waals surface area (Å²) in [6.07, 6.45) is 4.95. The van der Waals surface area contributed by atoms with E-state index in [4.69, 9.17) is 19.9 Å². The highest BCUT2D eigenvalue weighted by atomic mass is 16.6. The van der Waals surface area contributed by atoms with Crippen LogP contribution in [0.1, 0.15) is 17.2 Å². The summed E-state index contributed by atoms with van der Waals surface area (Å²) >= 11 is 0. The summed E-state index contributed by atoms with van der Waals surface area (Å²) in [6.45, 7) is 3.26. The third kappa shape index (κ3) is 3.62. The highest BCUT2D eigenvalue weighted by Gasteiger charge is 2.26. The molecule has 3 aliphatic rings. The maximum absolute atomic E-state index is 6.02. The first kappa shape index (κ1) is 14.8. The summed E-state index contributed by atoms with van der Waals surface area (Å²) < 4.78 is 15.1. The lowest BCUT2D eigenvalue weighted by Crippen LogP contribution is -2.10. The van der Waals surface area contributed by atoms with Crippen LogP contribution in [-0.4, -0.2) is 38.6 Å². The van der Waals surface area contributed by atoms with Gasteiger partial charge in [0.15, 0.2) is 0 Å². The van der Waals surface area contributed by atoms with Crippen LogP contribution < -0.4 is 5.73 Å². The minimum absolute atomic E-state index is 0.0496. The largest absolute Gasteiger partial charge is 0.376 e. The molecule has 2 heterocycles. The standard InChI is InChI=1S/C13H11N.C6H10O3/c14-12-8-7-10-4-1-3-9-5-2-6-11(12)13(9)10;1(5-3-8-5)7-2-6-4-9-6/h1-8,12H,14H2;5-6H,1-4H2. The smallest absolute Gasteiger partial charge is 0.104 e. The highest BCUT2D eigenvalue weighted by molar-refractivity contribution is 5.95. The molecule has 3 unspecified atom stereocenters. The maximum Gasteiger partial charge on any atom is 0.104 e. The van der Waals surface area contributed by atoms with E-state index < -0.39 is 0 Å². The van der Waals surface area contributed by atoms with Gasteiger partial charge in [-0.25, -0.2) is 0 Å². The Hall–Kier alpha value is -1.72. The summed E-state index contributed by atoms with van der Waals surface area (Å²) in [7, 11) is 0. The summed E-state index contributed by atoms with van der Waals surface area (Å²) in [6, 6.07) is 12.7. The molecule has 0 aromatic heterocycles. The molecule has 3 atom stereocenters. The van der Waals surface area contributed by atoms with Gasteiger partial charge in [-0.15, -0.1) is 0 Å². The van der Waals surface area contributed by atoms with Crippen LogP contribution in [0.3, 0.4) is 0 Å². The first-order valence-corrected chi connectivity index (χ1v) is 8.07. The molecular formula is C19H21NO3. The summed E-state index contributed by atoms with van der Waals surface area (Å²) in [4.78, 5) is 0. The number of hydrogen-bond donors (Lipinski definition) is 1. The molecule has 2 N–H and O–H groups in total. The maximum atomic E-state index is 6.02. The Morgan fingerprint density at radius 2 is 1.65 bits per heavy atom. The third-order valence-corrected chi connectivity index (χ3v) is 4.22. The van der Waals surface area contributed by atoms with E-state index in [0.717, 1.165) is 26.4 Å². The van der Waals surface area contributed by atoms with E-state index in [1.807, 2.05) is 0 Å². The van der Waals surface area contributed by atoms with Gasteiger partial charge in [0.25, 0.3) is 0 Å². The fourth-order valence-corrected chi connectivity index (χ4v) is 2.79. The van der Waals surface area contributed by atoms with Gasteiger partial charge in [0.05, 0.1) is 26.4 Å². The average molecular weight is 311 g/mol. The van der Waals surface area contributed by atoms with E-state index in [1.54, 1.807) is 0 Å². The Kier molecular flexibility index (Phi) is 4.14. The minimum atomic E-state index is 0.0496. The predicted octanol–water partition coefficient (Wildman–Crippen LogP) is 2.67. The molecule has 2 aromatic rings. The summed E-state index contributed by atoms with van der Waals surface area (Å²) in [5, 5.41) is 2.59. The zero-order valence-corrected chi connectivity index (χ0v) is 13.0. The van der Waals surface area contributed by atoms with Crippen molar-refractivity contribution in [2.45, 2.75) is 18.2 Å². The number of ether oxygens (including phenoxy) is 3. The topological polar surface area (TPSA) is 60.3 Å². The van der Waals surface area contributed by atoms with Crippen LogP contribution in [0.25, 0.3) is 16.8 Å². The molecule has 0 radical (unpaired) electrons. The second-order valence-corrected chi connectivity index (χ2v) is 6.13. The Labute approximate surface area is 135 Å². The molecule has 2 fully saturated rings. The fraction of sp³-hybridized carbons (Fsp3) is 0.368. The molecule has 0 saturated carbocycles. The molecule has 2 aliphatic heterocycles. The first-order chi connectivity index (χ1) is 11.3. The molecule has 0 spiro atoms. The van der Waals surface area contributed by atoms with Gasteiger partial charge in [-0.2, -0.15) is 0 Å². The number of rotatable bonds is 4. The van der Waals surface area contributed by atoms with Gasteiger partial charge in [-0.3, -0.25) is 0 Å². The van der Waals surface area contributed by atoms with E-state index in [0.29, 0.717) is 12.2 Å². The SMILES string of the molecule is C(OCC1CO1)C1CO1.NC1C=Cc2cccc3cccc1c23. The highest BCUT2D eigenvalue weighted by Crippen LogP contribution is 2.31. The van der Waals surface area contributed by atoms with Crippen LogP contribution in [0.15, 0.2) is 42.5 Å². The van der Waals surface area contributed by atoms with Crippen LogP contribution in [-0.2, 0) is 14.2 Å². The lowest BCUT2D eigenvalue weighted by atomic mass is 9.91. The summed E-state index contributed by atoms with van der Waals surface area (Å²) in [5.74, 6) is 0. The zero-order valence-electron chi connectivity index (χ0n) is 13.0. The minimum Gasteiger partial charge on any atom is -0.376 e. The molecule has 23 heavy (non-hydrogen) atoms. The van der Waals surface area contributed by atoms with Crippen molar-refractivity contribution in [3.05, 3.63) is 53.6 Å².